The van der Waals surface area contributed by atoms with Crippen LogP contribution < -0.4 is 0 Å². The lowest BCUT2D eigenvalue weighted by Gasteiger charge is -2.09. The van der Waals surface area contributed by atoms with Crippen LogP contribution in [0.1, 0.15) is 36.8 Å². The smallest absolute Gasteiger partial charge is 0.191 e. The number of nitrogens with zero attached hydrogens (tertiary/aromatic N) is 4. The number of rotatable bonds is 7. The summed E-state index contributed by atoms with van der Waals surface area (Å²) in [5.41, 5.74) is 3.51. The third-order valence-electron chi connectivity index (χ3n) is 3.74. The number of allylic oxidation sites excluding steroid dienone is 1. The second-order valence-electron chi connectivity index (χ2n) is 6.20. The molecule has 6 heteroatoms. The van der Waals surface area contributed by atoms with Gasteiger partial charge in [0.1, 0.15) is 10.8 Å². The van der Waals surface area contributed by atoms with Gasteiger partial charge < -0.3 is 4.57 Å². The number of benzene rings is 1. The fourth-order valence-electron chi connectivity index (χ4n) is 2.56. The Balaban J connectivity index is 1.73. The van der Waals surface area contributed by atoms with E-state index in [4.69, 9.17) is 4.98 Å². The number of aromatic nitrogens is 4. The van der Waals surface area contributed by atoms with Crippen LogP contribution in [-0.2, 0) is 12.3 Å². The summed E-state index contributed by atoms with van der Waals surface area (Å²) in [4.78, 5) is 4.77. The molecule has 3 aromatic rings. The first kappa shape index (κ1) is 17.9. The lowest BCUT2D eigenvalue weighted by Crippen LogP contribution is -2.05. The van der Waals surface area contributed by atoms with E-state index < -0.39 is 0 Å². The highest BCUT2D eigenvalue weighted by molar-refractivity contribution is 7.98. The molecule has 4 nitrogen and oxygen atoms in total. The fraction of sp³-hybridized carbons (Fsp3) is 0.316. The third kappa shape index (κ3) is 4.19. The van der Waals surface area contributed by atoms with Crippen molar-refractivity contribution in [2.45, 2.75) is 44.1 Å². The minimum atomic E-state index is 0.342. The summed E-state index contributed by atoms with van der Waals surface area (Å²) in [5, 5.41) is 12.8. The molecule has 0 aliphatic heterocycles. The molecule has 0 saturated carbocycles. The van der Waals surface area contributed by atoms with E-state index in [9.17, 15) is 0 Å². The van der Waals surface area contributed by atoms with Crippen molar-refractivity contribution in [2.75, 3.05) is 0 Å². The summed E-state index contributed by atoms with van der Waals surface area (Å²) < 4.78 is 2.14. The van der Waals surface area contributed by atoms with Gasteiger partial charge in [0.25, 0.3) is 0 Å². The van der Waals surface area contributed by atoms with Gasteiger partial charge in [-0.25, -0.2) is 4.98 Å². The van der Waals surface area contributed by atoms with Crippen LogP contribution in [0.25, 0.3) is 10.6 Å². The van der Waals surface area contributed by atoms with Crippen molar-refractivity contribution >= 4 is 23.1 Å². The first-order valence-electron chi connectivity index (χ1n) is 8.26. The average Bonchev–Trinajstić information content (AvgIpc) is 3.20. The van der Waals surface area contributed by atoms with E-state index >= 15 is 0 Å². The summed E-state index contributed by atoms with van der Waals surface area (Å²) >= 11 is 3.36. The zero-order valence-electron chi connectivity index (χ0n) is 14.8. The van der Waals surface area contributed by atoms with E-state index in [0.29, 0.717) is 5.92 Å². The minimum Gasteiger partial charge on any atom is -0.302 e. The van der Waals surface area contributed by atoms with Crippen LogP contribution in [0.4, 0.5) is 0 Å². The van der Waals surface area contributed by atoms with Crippen molar-refractivity contribution in [1.29, 1.82) is 0 Å². The molecule has 0 atom stereocenters. The zero-order valence-corrected chi connectivity index (χ0v) is 16.4. The molecular weight excluding hydrogens is 348 g/mol. The number of aryl methyl sites for hydroxylation is 1. The highest BCUT2D eigenvalue weighted by atomic mass is 32.2. The second-order valence-corrected chi connectivity index (χ2v) is 8.00. The Bertz CT molecular complexity index is 864. The molecule has 0 aliphatic carbocycles. The molecule has 130 valence electrons. The van der Waals surface area contributed by atoms with Gasteiger partial charge >= 0.3 is 0 Å². The van der Waals surface area contributed by atoms with Crippen molar-refractivity contribution in [1.82, 2.24) is 19.7 Å². The maximum atomic E-state index is 4.77. The first-order chi connectivity index (χ1) is 12.1. The molecule has 25 heavy (non-hydrogen) atoms. The van der Waals surface area contributed by atoms with Crippen LogP contribution in [0.2, 0.25) is 0 Å². The summed E-state index contributed by atoms with van der Waals surface area (Å²) in [6.45, 7) is 10.9. The largest absolute Gasteiger partial charge is 0.302 e. The van der Waals surface area contributed by atoms with Crippen LogP contribution in [0.5, 0.6) is 0 Å². The lowest BCUT2D eigenvalue weighted by atomic mass is 10.1. The Morgan fingerprint density at radius 3 is 2.88 bits per heavy atom. The van der Waals surface area contributed by atoms with Crippen molar-refractivity contribution in [3.05, 3.63) is 59.4 Å². The van der Waals surface area contributed by atoms with Gasteiger partial charge in [0.15, 0.2) is 5.16 Å². The Morgan fingerprint density at radius 2 is 2.16 bits per heavy atom. The van der Waals surface area contributed by atoms with Gasteiger partial charge in [-0.05, 0) is 13.0 Å². The third-order valence-corrected chi connectivity index (χ3v) is 5.68. The highest BCUT2D eigenvalue weighted by Crippen LogP contribution is 2.29. The monoisotopic (exact) mass is 370 g/mol. The predicted molar refractivity (Wildman–Crippen MR) is 106 cm³/mol. The molecule has 0 N–H and O–H groups in total. The standard InChI is InChI=1S/C19H22N4S2/c1-5-9-23-17(13(2)3)21-22-19(23)25-12-16-11-24-18(20-16)15-8-6-7-14(4)10-15/h5-8,10-11,13H,1,9,12H2,2-4H3. The second kappa shape index (κ2) is 7.97. The molecule has 0 aliphatic rings. The van der Waals surface area contributed by atoms with Crippen LogP contribution >= 0.6 is 23.1 Å². The zero-order chi connectivity index (χ0) is 17.8. The maximum absolute atomic E-state index is 4.77. The highest BCUT2D eigenvalue weighted by Gasteiger charge is 2.15. The Kier molecular flexibility index (Phi) is 5.71. The van der Waals surface area contributed by atoms with E-state index in [1.165, 1.54) is 11.1 Å². The normalized spacial score (nSPS) is 11.2. The molecule has 2 heterocycles. The summed E-state index contributed by atoms with van der Waals surface area (Å²) in [6, 6.07) is 8.46. The molecular formula is C19H22N4S2. The topological polar surface area (TPSA) is 43.6 Å². The molecule has 0 saturated heterocycles. The Hall–Kier alpha value is -1.92. The summed E-state index contributed by atoms with van der Waals surface area (Å²) in [7, 11) is 0. The first-order valence-corrected chi connectivity index (χ1v) is 10.1. The average molecular weight is 371 g/mol. The van der Waals surface area contributed by atoms with E-state index in [0.717, 1.165) is 34.0 Å². The molecule has 0 bridgehead atoms. The van der Waals surface area contributed by atoms with Gasteiger partial charge in [0.2, 0.25) is 0 Å². The lowest BCUT2D eigenvalue weighted by molar-refractivity contribution is 0.641. The van der Waals surface area contributed by atoms with Gasteiger partial charge in [-0.3, -0.25) is 0 Å². The van der Waals surface area contributed by atoms with E-state index in [-0.39, 0.29) is 0 Å². The molecule has 0 amide bonds. The molecule has 0 unspecified atom stereocenters. The van der Waals surface area contributed by atoms with Gasteiger partial charge in [-0.15, -0.1) is 28.1 Å². The number of hydrogen-bond acceptors (Lipinski definition) is 5. The van der Waals surface area contributed by atoms with E-state index in [1.54, 1.807) is 23.1 Å². The van der Waals surface area contributed by atoms with Crippen molar-refractivity contribution in [3.8, 4) is 10.6 Å². The Labute approximate surface area is 157 Å². The van der Waals surface area contributed by atoms with E-state index in [1.807, 2.05) is 6.08 Å². The molecule has 3 rings (SSSR count). The quantitative estimate of drug-likeness (QED) is 0.417. The molecule has 0 fully saturated rings. The number of thiazole rings is 1. The molecule has 1 aromatic carbocycles. The van der Waals surface area contributed by atoms with E-state index in [2.05, 4.69) is 71.8 Å². The maximum Gasteiger partial charge on any atom is 0.191 e. The van der Waals surface area contributed by atoms with Crippen LogP contribution in [0.15, 0.2) is 47.5 Å². The predicted octanol–water partition coefficient (Wildman–Crippen LogP) is 5.31. The van der Waals surface area contributed by atoms with Gasteiger partial charge in [0, 0.05) is 29.2 Å². The number of thioether (sulfide) groups is 1. The van der Waals surface area contributed by atoms with Gasteiger partial charge in [-0.1, -0.05) is 55.4 Å². The van der Waals surface area contributed by atoms with Gasteiger partial charge in [-0.2, -0.15) is 0 Å². The van der Waals surface area contributed by atoms with Crippen LogP contribution in [0.3, 0.4) is 0 Å². The van der Waals surface area contributed by atoms with Crippen molar-refractivity contribution < 1.29 is 0 Å². The van der Waals surface area contributed by atoms with Crippen LogP contribution in [0, 0.1) is 6.92 Å². The fourth-order valence-corrected chi connectivity index (χ4v) is 4.33. The minimum absolute atomic E-state index is 0.342. The SMILES string of the molecule is C=CCn1c(SCc2csc(-c3cccc(C)c3)n2)nnc1C(C)C. The van der Waals surface area contributed by atoms with Crippen LogP contribution in [-0.4, -0.2) is 19.7 Å². The van der Waals surface area contributed by atoms with Crippen molar-refractivity contribution in [3.63, 3.8) is 0 Å². The summed E-state index contributed by atoms with van der Waals surface area (Å²) in [5.74, 6) is 2.13. The molecule has 0 radical (unpaired) electrons. The summed E-state index contributed by atoms with van der Waals surface area (Å²) in [6.07, 6.45) is 1.89. The number of hydrogen-bond donors (Lipinski definition) is 0. The van der Waals surface area contributed by atoms with Gasteiger partial charge in [0.05, 0.1) is 5.69 Å². The molecule has 2 aromatic heterocycles. The molecule has 0 spiro atoms. The van der Waals surface area contributed by atoms with Crippen molar-refractivity contribution in [2.24, 2.45) is 0 Å². The Morgan fingerprint density at radius 1 is 1.32 bits per heavy atom.